The number of rotatable bonds is 8. The lowest BCUT2D eigenvalue weighted by molar-refractivity contribution is -0.154. The smallest absolute Gasteiger partial charge is 0.309 e. The first-order valence-corrected chi connectivity index (χ1v) is 16.8. The van der Waals surface area contributed by atoms with Crippen molar-refractivity contribution >= 4 is 17.8 Å². The molecule has 8 rings (SSSR count). The molecule has 6 unspecified atom stereocenters. The SMILES string of the molecule is COc1cc(C#N)c(OC2CCC(C)(C(=O)O)CC2)cc1C(=O)NC1C2CCC(C2)C1C(=O)NC12CC3CC(CC(O)(C3)C1)C2. The standard InChI is InChI=1S/C35H45N3O7/c1-33(32(41)42)7-5-24(6-8-33)45-26-12-25(27(44-2)11-23(26)17-36)30(39)37-29-22-4-3-21(10-22)28(29)31(40)38-34-13-19-9-20(14-34)16-35(43,15-19)18-34/h11-12,19-22,24,28-29,43H,3-10,13-16,18H2,1-2H3,(H,37,39)(H,38,40)(H,41,42). The van der Waals surface area contributed by atoms with Crippen molar-refractivity contribution in [1.82, 2.24) is 10.6 Å². The topological polar surface area (TPSA) is 158 Å². The van der Waals surface area contributed by atoms with Crippen LogP contribution in [0.15, 0.2) is 12.1 Å². The quantitative estimate of drug-likeness (QED) is 0.335. The molecule has 10 heteroatoms. The molecule has 7 aliphatic carbocycles. The lowest BCUT2D eigenvalue weighted by Gasteiger charge is -2.60. The number of nitrogens with zero attached hydrogens (tertiary/aromatic N) is 1. The van der Waals surface area contributed by atoms with E-state index in [0.29, 0.717) is 43.9 Å². The van der Waals surface area contributed by atoms with Gasteiger partial charge in [0, 0.05) is 17.6 Å². The molecule has 0 saturated heterocycles. The minimum absolute atomic E-state index is 0.000440. The van der Waals surface area contributed by atoms with Gasteiger partial charge in [0.25, 0.3) is 5.91 Å². The van der Waals surface area contributed by atoms with Crippen molar-refractivity contribution in [2.24, 2.45) is 35.0 Å². The fourth-order valence-electron chi connectivity index (χ4n) is 10.6. The fourth-order valence-corrected chi connectivity index (χ4v) is 10.6. The number of hydrogen-bond donors (Lipinski definition) is 4. The van der Waals surface area contributed by atoms with Crippen LogP contribution in [0.3, 0.4) is 0 Å². The molecule has 1 aromatic carbocycles. The first kappa shape index (κ1) is 30.3. The average Bonchev–Trinajstić information content (AvgIpc) is 3.58. The van der Waals surface area contributed by atoms with Gasteiger partial charge in [-0.25, -0.2) is 0 Å². The Kier molecular flexibility index (Phi) is 7.34. The van der Waals surface area contributed by atoms with E-state index in [9.17, 15) is 29.9 Å². The average molecular weight is 620 g/mol. The van der Waals surface area contributed by atoms with Crippen molar-refractivity contribution in [1.29, 1.82) is 5.26 Å². The van der Waals surface area contributed by atoms with E-state index < -0.39 is 17.0 Å². The molecule has 2 amide bonds. The van der Waals surface area contributed by atoms with Gasteiger partial charge >= 0.3 is 5.97 Å². The number of amides is 2. The molecule has 0 aliphatic heterocycles. The number of hydrogen-bond acceptors (Lipinski definition) is 7. The highest BCUT2D eigenvalue weighted by atomic mass is 16.5. The predicted octanol–water partition coefficient (Wildman–Crippen LogP) is 4.32. The molecular formula is C35H45N3O7. The summed E-state index contributed by atoms with van der Waals surface area (Å²) < 4.78 is 11.8. The van der Waals surface area contributed by atoms with E-state index in [1.165, 1.54) is 13.2 Å². The van der Waals surface area contributed by atoms with Gasteiger partial charge in [-0.1, -0.05) is 0 Å². The molecule has 0 heterocycles. The van der Waals surface area contributed by atoms with Gasteiger partial charge in [0.1, 0.15) is 17.6 Å². The Labute approximate surface area is 264 Å². The lowest BCUT2D eigenvalue weighted by atomic mass is 9.51. The van der Waals surface area contributed by atoms with Crippen LogP contribution in [0.4, 0.5) is 0 Å². The largest absolute Gasteiger partial charge is 0.496 e. The van der Waals surface area contributed by atoms with Gasteiger partial charge < -0.3 is 30.3 Å². The van der Waals surface area contributed by atoms with E-state index in [1.54, 1.807) is 13.0 Å². The Balaban J connectivity index is 1.08. The second-order valence-electron chi connectivity index (χ2n) is 15.7. The first-order chi connectivity index (χ1) is 21.4. The summed E-state index contributed by atoms with van der Waals surface area (Å²) >= 11 is 0. The Morgan fingerprint density at radius 3 is 2.29 bits per heavy atom. The van der Waals surface area contributed by atoms with E-state index in [2.05, 4.69) is 16.7 Å². The van der Waals surface area contributed by atoms with Crippen LogP contribution in [-0.2, 0) is 9.59 Å². The monoisotopic (exact) mass is 619 g/mol. The summed E-state index contributed by atoms with van der Waals surface area (Å²) in [5.74, 6) is 0.348. The van der Waals surface area contributed by atoms with Crippen LogP contribution in [0.5, 0.6) is 11.5 Å². The zero-order chi connectivity index (χ0) is 31.7. The number of benzene rings is 1. The van der Waals surface area contributed by atoms with Gasteiger partial charge in [0.05, 0.1) is 41.3 Å². The van der Waals surface area contributed by atoms with E-state index in [4.69, 9.17) is 9.47 Å². The molecule has 7 saturated carbocycles. The van der Waals surface area contributed by atoms with Gasteiger partial charge in [0.15, 0.2) is 0 Å². The molecule has 7 fully saturated rings. The molecule has 45 heavy (non-hydrogen) atoms. The van der Waals surface area contributed by atoms with Crippen LogP contribution in [0.1, 0.15) is 106 Å². The Morgan fingerprint density at radius 2 is 1.67 bits per heavy atom. The molecule has 242 valence electrons. The van der Waals surface area contributed by atoms with Crippen molar-refractivity contribution in [3.8, 4) is 17.6 Å². The normalized spacial score (nSPS) is 40.9. The Hall–Kier alpha value is -3.32. The maximum atomic E-state index is 14.1. The summed E-state index contributed by atoms with van der Waals surface area (Å²) in [4.78, 5) is 39.7. The second kappa shape index (κ2) is 10.9. The molecule has 6 bridgehead atoms. The van der Waals surface area contributed by atoms with E-state index in [0.717, 1.165) is 51.4 Å². The first-order valence-electron chi connectivity index (χ1n) is 16.8. The highest BCUT2D eigenvalue weighted by Crippen LogP contribution is 2.58. The molecule has 7 aliphatic rings. The summed E-state index contributed by atoms with van der Waals surface area (Å²) in [5, 5.41) is 37.3. The zero-order valence-electron chi connectivity index (χ0n) is 26.3. The van der Waals surface area contributed by atoms with Crippen molar-refractivity contribution in [2.45, 2.75) is 114 Å². The lowest BCUT2D eigenvalue weighted by Crippen LogP contribution is -2.66. The highest BCUT2D eigenvalue weighted by molar-refractivity contribution is 5.98. The van der Waals surface area contributed by atoms with Gasteiger partial charge in [-0.05, 0) is 120 Å². The summed E-state index contributed by atoms with van der Waals surface area (Å²) in [5.41, 5.74) is -1.33. The number of nitrogens with one attached hydrogen (secondary N) is 2. The van der Waals surface area contributed by atoms with Gasteiger partial charge in [-0.15, -0.1) is 0 Å². The Morgan fingerprint density at radius 1 is 0.978 bits per heavy atom. The molecule has 0 spiro atoms. The van der Waals surface area contributed by atoms with Crippen LogP contribution in [0.2, 0.25) is 0 Å². The minimum atomic E-state index is -0.815. The molecule has 1 aromatic rings. The van der Waals surface area contributed by atoms with Crippen LogP contribution < -0.4 is 20.1 Å². The summed E-state index contributed by atoms with van der Waals surface area (Å²) in [6, 6.07) is 4.89. The third-order valence-corrected chi connectivity index (χ3v) is 12.4. The van der Waals surface area contributed by atoms with Crippen LogP contribution in [-0.4, -0.2) is 58.4 Å². The van der Waals surface area contributed by atoms with Gasteiger partial charge in [-0.2, -0.15) is 5.26 Å². The molecule has 4 N–H and O–H groups in total. The van der Waals surface area contributed by atoms with Crippen LogP contribution in [0.25, 0.3) is 0 Å². The predicted molar refractivity (Wildman–Crippen MR) is 162 cm³/mol. The molecule has 10 nitrogen and oxygen atoms in total. The third kappa shape index (κ3) is 5.35. The number of fused-ring (bicyclic) bond motifs is 2. The summed E-state index contributed by atoms with van der Waals surface area (Å²) in [6.07, 6.45) is 9.87. The van der Waals surface area contributed by atoms with Crippen LogP contribution >= 0.6 is 0 Å². The molecule has 0 radical (unpaired) electrons. The number of carboxylic acids is 1. The number of nitriles is 1. The molecular weight excluding hydrogens is 574 g/mol. The van der Waals surface area contributed by atoms with Gasteiger partial charge in [-0.3, -0.25) is 14.4 Å². The number of carbonyl (C=O) groups excluding carboxylic acids is 2. The minimum Gasteiger partial charge on any atom is -0.496 e. The number of aliphatic hydroxyl groups is 1. The highest BCUT2D eigenvalue weighted by Gasteiger charge is 2.59. The third-order valence-electron chi connectivity index (χ3n) is 12.4. The summed E-state index contributed by atoms with van der Waals surface area (Å²) in [6.45, 7) is 1.75. The number of methoxy groups -OCH3 is 1. The van der Waals surface area contributed by atoms with E-state index >= 15 is 0 Å². The van der Waals surface area contributed by atoms with E-state index in [-0.39, 0.29) is 69.9 Å². The maximum absolute atomic E-state index is 14.1. The number of aliphatic carboxylic acids is 1. The summed E-state index contributed by atoms with van der Waals surface area (Å²) in [7, 11) is 1.45. The van der Waals surface area contributed by atoms with Crippen molar-refractivity contribution in [2.75, 3.05) is 7.11 Å². The fraction of sp³-hybridized carbons (Fsp3) is 0.714. The zero-order valence-corrected chi connectivity index (χ0v) is 26.3. The van der Waals surface area contributed by atoms with Crippen molar-refractivity contribution in [3.63, 3.8) is 0 Å². The number of carbonyl (C=O) groups is 3. The van der Waals surface area contributed by atoms with Crippen molar-refractivity contribution < 1.29 is 34.1 Å². The second-order valence-corrected chi connectivity index (χ2v) is 15.7. The molecule has 6 atom stereocenters. The number of carboxylic acid groups (broad SMARTS) is 1. The van der Waals surface area contributed by atoms with Crippen molar-refractivity contribution in [3.05, 3.63) is 23.3 Å². The van der Waals surface area contributed by atoms with Gasteiger partial charge in [0.2, 0.25) is 5.91 Å². The van der Waals surface area contributed by atoms with E-state index in [1.807, 2.05) is 0 Å². The number of ether oxygens (including phenoxy) is 2. The Bertz CT molecular complexity index is 1430. The maximum Gasteiger partial charge on any atom is 0.309 e. The van der Waals surface area contributed by atoms with Crippen LogP contribution in [0, 0.1) is 46.3 Å². The molecule has 0 aromatic heterocycles.